The van der Waals surface area contributed by atoms with Gasteiger partial charge in [0.2, 0.25) is 0 Å². The monoisotopic (exact) mass is 376 g/mol. The topological polar surface area (TPSA) is 110 Å². The molecule has 27 heavy (non-hydrogen) atoms. The van der Waals surface area contributed by atoms with E-state index < -0.39 is 11.5 Å². The van der Waals surface area contributed by atoms with E-state index in [1.54, 1.807) is 13.3 Å². The highest BCUT2D eigenvalue weighted by Crippen LogP contribution is 2.31. The summed E-state index contributed by atoms with van der Waals surface area (Å²) in [5, 5.41) is 13.5. The van der Waals surface area contributed by atoms with Gasteiger partial charge in [0.25, 0.3) is 5.91 Å². The van der Waals surface area contributed by atoms with Gasteiger partial charge in [-0.15, -0.1) is 0 Å². The van der Waals surface area contributed by atoms with Crippen LogP contribution in [0.2, 0.25) is 0 Å². The number of hydrogen-bond donors (Lipinski definition) is 3. The first-order valence-corrected chi connectivity index (χ1v) is 10.0. The molecule has 0 aromatic carbocycles. The van der Waals surface area contributed by atoms with E-state index in [0.29, 0.717) is 23.4 Å². The lowest BCUT2D eigenvalue weighted by Gasteiger charge is -2.33. The third-order valence-corrected chi connectivity index (χ3v) is 6.11. The summed E-state index contributed by atoms with van der Waals surface area (Å²) in [6.07, 6.45) is 10.3. The van der Waals surface area contributed by atoms with Gasteiger partial charge < -0.3 is 20.9 Å². The number of nitrogens with one attached hydrogen (secondary N) is 1. The van der Waals surface area contributed by atoms with E-state index in [4.69, 9.17) is 10.5 Å². The smallest absolute Gasteiger partial charge is 0.254 e. The molecule has 2 saturated carbocycles. The minimum Gasteiger partial charge on any atom is -0.390 e. The van der Waals surface area contributed by atoms with Crippen molar-refractivity contribution in [3.05, 3.63) is 17.6 Å². The van der Waals surface area contributed by atoms with Gasteiger partial charge in [-0.1, -0.05) is 0 Å². The Morgan fingerprint density at radius 2 is 1.96 bits per heavy atom. The number of aromatic nitrogens is 2. The molecule has 7 heteroatoms. The van der Waals surface area contributed by atoms with Crippen molar-refractivity contribution >= 4 is 11.7 Å². The quantitative estimate of drug-likeness (QED) is 0.703. The Morgan fingerprint density at radius 3 is 2.56 bits per heavy atom. The molecule has 1 amide bonds. The molecule has 150 valence electrons. The van der Waals surface area contributed by atoms with Crippen molar-refractivity contribution in [2.75, 3.05) is 12.4 Å². The zero-order valence-corrected chi connectivity index (χ0v) is 16.4. The van der Waals surface area contributed by atoms with E-state index in [9.17, 15) is 9.90 Å². The van der Waals surface area contributed by atoms with Crippen LogP contribution in [-0.2, 0) is 11.2 Å². The number of ether oxygens (including phenoxy) is 1. The van der Waals surface area contributed by atoms with Crippen molar-refractivity contribution in [1.29, 1.82) is 0 Å². The van der Waals surface area contributed by atoms with Crippen molar-refractivity contribution in [3.63, 3.8) is 0 Å². The molecule has 2 aliphatic carbocycles. The summed E-state index contributed by atoms with van der Waals surface area (Å²) in [4.78, 5) is 20.8. The molecular weight excluding hydrogens is 344 g/mol. The van der Waals surface area contributed by atoms with E-state index in [2.05, 4.69) is 15.3 Å². The molecule has 3 rings (SSSR count). The number of anilines is 1. The first kappa shape index (κ1) is 20.0. The third-order valence-electron chi connectivity index (χ3n) is 6.11. The van der Waals surface area contributed by atoms with Crippen LogP contribution in [0.1, 0.15) is 74.5 Å². The highest BCUT2D eigenvalue weighted by atomic mass is 16.5. The van der Waals surface area contributed by atoms with E-state index in [0.717, 1.165) is 63.6 Å². The number of hydrogen-bond acceptors (Lipinski definition) is 6. The van der Waals surface area contributed by atoms with E-state index >= 15 is 0 Å². The first-order valence-electron chi connectivity index (χ1n) is 10.0. The molecule has 0 unspecified atom stereocenters. The van der Waals surface area contributed by atoms with Crippen molar-refractivity contribution in [2.45, 2.75) is 82.5 Å². The predicted molar refractivity (Wildman–Crippen MR) is 104 cm³/mol. The predicted octanol–water partition coefficient (Wildman–Crippen LogP) is 2.43. The lowest BCUT2D eigenvalue weighted by Crippen LogP contribution is -2.36. The highest BCUT2D eigenvalue weighted by molar-refractivity contribution is 5.97. The molecule has 0 atom stereocenters. The van der Waals surface area contributed by atoms with Gasteiger partial charge in [-0.2, -0.15) is 0 Å². The lowest BCUT2D eigenvalue weighted by atomic mass is 9.83. The second kappa shape index (κ2) is 8.52. The van der Waals surface area contributed by atoms with Crippen molar-refractivity contribution < 1.29 is 14.6 Å². The standard InChI is InChI=1S/C20H32N4O3/c1-20(26)9-7-14(8-10-20)23-19-16(18(21)25)12-22-17(24-19)11-13-3-5-15(27-2)6-4-13/h12-15,26H,3-11H2,1-2H3,(H2,21,25)(H,22,23,24). The first-order chi connectivity index (χ1) is 12.9. The van der Waals surface area contributed by atoms with E-state index in [1.165, 1.54) is 0 Å². The summed E-state index contributed by atoms with van der Waals surface area (Å²) in [6.45, 7) is 1.87. The average molecular weight is 377 g/mol. The van der Waals surface area contributed by atoms with Gasteiger partial charge in [-0.25, -0.2) is 9.97 Å². The van der Waals surface area contributed by atoms with Crippen LogP contribution in [0.3, 0.4) is 0 Å². The summed E-state index contributed by atoms with van der Waals surface area (Å²) >= 11 is 0. The Hall–Kier alpha value is -1.73. The number of nitrogens with zero attached hydrogens (tertiary/aromatic N) is 2. The summed E-state index contributed by atoms with van der Waals surface area (Å²) < 4.78 is 5.44. The van der Waals surface area contributed by atoms with Gasteiger partial charge in [0, 0.05) is 25.8 Å². The molecule has 0 spiro atoms. The molecule has 0 radical (unpaired) electrons. The van der Waals surface area contributed by atoms with Crippen molar-refractivity contribution in [1.82, 2.24) is 9.97 Å². The van der Waals surface area contributed by atoms with Crippen LogP contribution < -0.4 is 11.1 Å². The number of carbonyl (C=O) groups is 1. The molecule has 0 saturated heterocycles. The summed E-state index contributed by atoms with van der Waals surface area (Å²) in [5.74, 6) is 1.32. The van der Waals surface area contributed by atoms with Crippen LogP contribution in [-0.4, -0.2) is 45.8 Å². The SMILES string of the molecule is COC1CCC(Cc2ncc(C(N)=O)c(NC3CCC(C)(O)CC3)n2)CC1. The summed E-state index contributed by atoms with van der Waals surface area (Å²) in [6, 6.07) is 0.184. The average Bonchev–Trinajstić information content (AvgIpc) is 2.64. The number of aliphatic hydroxyl groups is 1. The van der Waals surface area contributed by atoms with E-state index in [1.807, 2.05) is 6.92 Å². The Morgan fingerprint density at radius 1 is 1.30 bits per heavy atom. The second-order valence-electron chi connectivity index (χ2n) is 8.41. The highest BCUT2D eigenvalue weighted by Gasteiger charge is 2.29. The van der Waals surface area contributed by atoms with Crippen LogP contribution in [0.5, 0.6) is 0 Å². The van der Waals surface area contributed by atoms with Crippen LogP contribution in [0, 0.1) is 5.92 Å². The Balaban J connectivity index is 1.67. The number of primary amides is 1. The normalized spacial score (nSPS) is 31.4. The molecule has 1 heterocycles. The number of methoxy groups -OCH3 is 1. The van der Waals surface area contributed by atoms with Gasteiger partial charge in [0.15, 0.2) is 0 Å². The van der Waals surface area contributed by atoms with Crippen LogP contribution >= 0.6 is 0 Å². The zero-order chi connectivity index (χ0) is 19.4. The number of carbonyl (C=O) groups excluding carboxylic acids is 1. The molecule has 1 aromatic heterocycles. The molecule has 7 nitrogen and oxygen atoms in total. The largest absolute Gasteiger partial charge is 0.390 e. The fourth-order valence-corrected chi connectivity index (χ4v) is 4.21. The number of amides is 1. The minimum atomic E-state index is -0.595. The van der Waals surface area contributed by atoms with Gasteiger partial charge >= 0.3 is 0 Å². The Kier molecular flexibility index (Phi) is 6.32. The third kappa shape index (κ3) is 5.39. The van der Waals surface area contributed by atoms with Crippen LogP contribution in [0.15, 0.2) is 6.20 Å². The molecule has 0 bridgehead atoms. The number of rotatable bonds is 6. The van der Waals surface area contributed by atoms with Gasteiger partial charge in [-0.05, 0) is 64.2 Å². The van der Waals surface area contributed by atoms with Crippen LogP contribution in [0.4, 0.5) is 5.82 Å². The van der Waals surface area contributed by atoms with Crippen molar-refractivity contribution in [3.8, 4) is 0 Å². The van der Waals surface area contributed by atoms with Crippen molar-refractivity contribution in [2.24, 2.45) is 11.7 Å². The molecule has 1 aromatic rings. The maximum atomic E-state index is 11.8. The maximum absolute atomic E-state index is 11.8. The number of nitrogens with two attached hydrogens (primary N) is 1. The van der Waals surface area contributed by atoms with Gasteiger partial charge in [0.1, 0.15) is 11.6 Å². The summed E-state index contributed by atoms with van der Waals surface area (Å²) in [5.41, 5.74) is 5.25. The minimum absolute atomic E-state index is 0.184. The zero-order valence-electron chi connectivity index (χ0n) is 16.4. The van der Waals surface area contributed by atoms with Gasteiger partial charge in [-0.3, -0.25) is 4.79 Å². The Labute approximate surface area is 161 Å². The Bertz CT molecular complexity index is 647. The molecular formula is C20H32N4O3. The molecule has 2 aliphatic rings. The maximum Gasteiger partial charge on any atom is 0.254 e. The summed E-state index contributed by atoms with van der Waals surface area (Å²) in [7, 11) is 1.78. The lowest BCUT2D eigenvalue weighted by molar-refractivity contribution is 0.0196. The van der Waals surface area contributed by atoms with Gasteiger partial charge in [0.05, 0.1) is 17.3 Å². The van der Waals surface area contributed by atoms with Crippen LogP contribution in [0.25, 0.3) is 0 Å². The fourth-order valence-electron chi connectivity index (χ4n) is 4.21. The molecule has 0 aliphatic heterocycles. The molecule has 2 fully saturated rings. The fraction of sp³-hybridized carbons (Fsp3) is 0.750. The van der Waals surface area contributed by atoms with E-state index in [-0.39, 0.29) is 6.04 Å². The molecule has 4 N–H and O–H groups in total. The second-order valence-corrected chi connectivity index (χ2v) is 8.41.